The summed E-state index contributed by atoms with van der Waals surface area (Å²) in [5, 5.41) is 21.1. The van der Waals surface area contributed by atoms with Crippen molar-refractivity contribution in [1.29, 1.82) is 0 Å². The van der Waals surface area contributed by atoms with E-state index in [0.717, 1.165) is 44.1 Å². The first kappa shape index (κ1) is 31.3. The zero-order valence-corrected chi connectivity index (χ0v) is 24.5. The van der Waals surface area contributed by atoms with Gasteiger partial charge in [0.25, 0.3) is 0 Å². The first-order valence-electron chi connectivity index (χ1n) is 15.0. The Kier molecular flexibility index (Phi) is 12.6. The molecule has 0 radical (unpaired) electrons. The molecule has 1 aliphatic carbocycles. The number of allylic oxidation sites excluding steroid dienone is 2. The summed E-state index contributed by atoms with van der Waals surface area (Å²) in [6.45, 7) is 4.05. The number of aryl methyl sites for hydroxylation is 1. The molecule has 2 N–H and O–H groups in total. The van der Waals surface area contributed by atoms with Crippen LogP contribution < -0.4 is 4.74 Å². The van der Waals surface area contributed by atoms with Crippen molar-refractivity contribution >= 4 is 11.8 Å². The van der Waals surface area contributed by atoms with Crippen molar-refractivity contribution in [3.05, 3.63) is 64.2 Å². The van der Waals surface area contributed by atoms with Crippen LogP contribution in [0.15, 0.2) is 36.4 Å². The first-order valence-corrected chi connectivity index (χ1v) is 15.0. The molecule has 0 bridgehead atoms. The second-order valence-corrected chi connectivity index (χ2v) is 10.9. The number of ketones is 1. The molecule has 0 aliphatic heterocycles. The lowest BCUT2D eigenvalue weighted by Gasteiger charge is -2.29. The summed E-state index contributed by atoms with van der Waals surface area (Å²) in [6.07, 6.45) is 19.3. The molecule has 0 spiro atoms. The summed E-state index contributed by atoms with van der Waals surface area (Å²) in [6, 6.07) is 6.19. The van der Waals surface area contributed by atoms with Gasteiger partial charge < -0.3 is 19.7 Å². The predicted molar refractivity (Wildman–Crippen MR) is 158 cm³/mol. The smallest absolute Gasteiger partial charge is 0.306 e. The minimum Gasteiger partial charge on any atom is -0.507 e. The Hall–Kier alpha value is -3.28. The molecule has 0 heterocycles. The van der Waals surface area contributed by atoms with Gasteiger partial charge in [0.1, 0.15) is 17.2 Å². The quantitative estimate of drug-likeness (QED) is 0.116. The Labute approximate surface area is 239 Å². The fraction of sp³-hybridized carbons (Fsp3) is 0.529. The average molecular weight is 551 g/mol. The highest BCUT2D eigenvalue weighted by molar-refractivity contribution is 6.16. The average Bonchev–Trinajstić information content (AvgIpc) is 2.92. The van der Waals surface area contributed by atoms with Crippen molar-refractivity contribution in [2.75, 3.05) is 7.11 Å². The van der Waals surface area contributed by atoms with Gasteiger partial charge in [-0.25, -0.2) is 0 Å². The molecule has 0 aromatic heterocycles. The molecule has 0 unspecified atom stereocenters. The molecule has 6 nitrogen and oxygen atoms in total. The molecule has 218 valence electrons. The lowest BCUT2D eigenvalue weighted by molar-refractivity contribution is -0.147. The minimum atomic E-state index is -0.926. The Morgan fingerprint density at radius 2 is 1.35 bits per heavy atom. The number of hydrogen-bond donors (Lipinski definition) is 2. The standard InChI is InChI=1S/C34H46O6/c1-4-5-6-7-8-9-10-11-12-13-14-15-16-17-18-19-30(37)40-34-26-20-24(2)21-28(35)31(26)33(38)32-27(34)22-25(39-3)23-29(32)36/h11-12,20-23,34-36H,4-10,13-19H2,1-3H3/b12-11-/t34-/m0/s1. The summed E-state index contributed by atoms with van der Waals surface area (Å²) in [4.78, 5) is 26.1. The second-order valence-electron chi connectivity index (χ2n) is 10.9. The van der Waals surface area contributed by atoms with E-state index in [1.807, 2.05) is 0 Å². The van der Waals surface area contributed by atoms with Crippen LogP contribution in [0.5, 0.6) is 17.2 Å². The minimum absolute atomic E-state index is 0.0197. The Balaban J connectivity index is 1.46. The summed E-state index contributed by atoms with van der Waals surface area (Å²) < 4.78 is 11.2. The van der Waals surface area contributed by atoms with Gasteiger partial charge in [-0.3, -0.25) is 9.59 Å². The van der Waals surface area contributed by atoms with Gasteiger partial charge in [-0.15, -0.1) is 0 Å². The number of phenolic OH excluding ortho intramolecular Hbond substituents is 2. The van der Waals surface area contributed by atoms with Gasteiger partial charge >= 0.3 is 5.97 Å². The topological polar surface area (TPSA) is 93.1 Å². The van der Waals surface area contributed by atoms with Gasteiger partial charge in [0.05, 0.1) is 18.2 Å². The maximum absolute atomic E-state index is 13.2. The Morgan fingerprint density at radius 3 is 1.98 bits per heavy atom. The number of unbranched alkanes of at least 4 members (excludes halogenated alkanes) is 11. The first-order chi connectivity index (χ1) is 19.4. The van der Waals surface area contributed by atoms with Gasteiger partial charge in [0, 0.05) is 23.6 Å². The van der Waals surface area contributed by atoms with E-state index in [2.05, 4.69) is 19.1 Å². The fourth-order valence-corrected chi connectivity index (χ4v) is 5.39. The molecule has 40 heavy (non-hydrogen) atoms. The van der Waals surface area contributed by atoms with Crippen LogP contribution in [0, 0.1) is 6.92 Å². The van der Waals surface area contributed by atoms with Crippen molar-refractivity contribution < 1.29 is 29.3 Å². The Bertz CT molecular complexity index is 1170. The summed E-state index contributed by atoms with van der Waals surface area (Å²) in [5.74, 6) is -1.01. The van der Waals surface area contributed by atoms with E-state index in [1.165, 1.54) is 64.2 Å². The SMILES string of the molecule is CCCCCCCC/C=C\CCCCCCCC(=O)O[C@H]1c2cc(C)cc(O)c2C(=O)c2c(O)cc(OC)cc21. The third-order valence-corrected chi connectivity index (χ3v) is 7.56. The monoisotopic (exact) mass is 550 g/mol. The number of aromatic hydroxyl groups is 2. The lowest BCUT2D eigenvalue weighted by atomic mass is 9.81. The van der Waals surface area contributed by atoms with E-state index in [0.29, 0.717) is 16.9 Å². The van der Waals surface area contributed by atoms with Gasteiger partial charge in [-0.1, -0.05) is 76.5 Å². The molecular weight excluding hydrogens is 504 g/mol. The largest absolute Gasteiger partial charge is 0.507 e. The lowest BCUT2D eigenvalue weighted by Crippen LogP contribution is -2.24. The van der Waals surface area contributed by atoms with Crippen LogP contribution in [0.1, 0.15) is 136 Å². The molecule has 0 fully saturated rings. The number of carbonyl (C=O) groups excluding carboxylic acids is 2. The van der Waals surface area contributed by atoms with Crippen LogP contribution in [-0.4, -0.2) is 29.1 Å². The molecule has 2 aromatic rings. The maximum atomic E-state index is 13.2. The fourth-order valence-electron chi connectivity index (χ4n) is 5.39. The number of fused-ring (bicyclic) bond motifs is 2. The van der Waals surface area contributed by atoms with Crippen LogP contribution in [0.2, 0.25) is 0 Å². The van der Waals surface area contributed by atoms with E-state index >= 15 is 0 Å². The third-order valence-electron chi connectivity index (χ3n) is 7.56. The highest BCUT2D eigenvalue weighted by Gasteiger charge is 2.38. The number of methoxy groups -OCH3 is 1. The summed E-state index contributed by atoms with van der Waals surface area (Å²) >= 11 is 0. The normalized spacial score (nSPS) is 14.3. The van der Waals surface area contributed by atoms with Crippen molar-refractivity contribution in [3.8, 4) is 17.2 Å². The van der Waals surface area contributed by atoms with Crippen LogP contribution >= 0.6 is 0 Å². The van der Waals surface area contributed by atoms with Crippen LogP contribution in [-0.2, 0) is 9.53 Å². The van der Waals surface area contributed by atoms with E-state index in [4.69, 9.17) is 9.47 Å². The maximum Gasteiger partial charge on any atom is 0.306 e. The van der Waals surface area contributed by atoms with Gasteiger partial charge in [0.15, 0.2) is 6.10 Å². The molecule has 2 aromatic carbocycles. The molecule has 3 rings (SSSR count). The van der Waals surface area contributed by atoms with Crippen molar-refractivity contribution in [1.82, 2.24) is 0 Å². The number of rotatable bonds is 17. The molecule has 6 heteroatoms. The van der Waals surface area contributed by atoms with Crippen molar-refractivity contribution in [2.45, 2.75) is 110 Å². The van der Waals surface area contributed by atoms with Crippen LogP contribution in [0.3, 0.4) is 0 Å². The molecule has 0 saturated carbocycles. The predicted octanol–water partition coefficient (Wildman–Crippen LogP) is 8.63. The summed E-state index contributed by atoms with van der Waals surface area (Å²) in [5.41, 5.74) is 1.58. The molecule has 0 saturated heterocycles. The van der Waals surface area contributed by atoms with E-state index in [-0.39, 0.29) is 35.0 Å². The van der Waals surface area contributed by atoms with E-state index in [9.17, 15) is 19.8 Å². The van der Waals surface area contributed by atoms with E-state index in [1.54, 1.807) is 19.1 Å². The highest BCUT2D eigenvalue weighted by atomic mass is 16.5. The number of phenols is 2. The van der Waals surface area contributed by atoms with Crippen LogP contribution in [0.4, 0.5) is 0 Å². The summed E-state index contributed by atoms with van der Waals surface area (Å²) in [7, 11) is 1.46. The zero-order valence-electron chi connectivity index (χ0n) is 24.5. The van der Waals surface area contributed by atoms with Crippen molar-refractivity contribution in [3.63, 3.8) is 0 Å². The highest BCUT2D eigenvalue weighted by Crippen LogP contribution is 2.45. The number of esters is 1. The molecule has 0 amide bonds. The van der Waals surface area contributed by atoms with Gasteiger partial charge in [0.2, 0.25) is 5.78 Å². The number of hydrogen-bond acceptors (Lipinski definition) is 6. The number of benzene rings is 2. The Morgan fingerprint density at radius 1 is 0.800 bits per heavy atom. The molecule has 1 atom stereocenters. The van der Waals surface area contributed by atoms with Crippen molar-refractivity contribution in [2.24, 2.45) is 0 Å². The number of carbonyl (C=O) groups is 2. The van der Waals surface area contributed by atoms with Gasteiger partial charge in [-0.05, 0) is 56.7 Å². The molecular formula is C34H46O6. The van der Waals surface area contributed by atoms with E-state index < -0.39 is 11.9 Å². The third kappa shape index (κ3) is 8.61. The zero-order chi connectivity index (χ0) is 28.9. The van der Waals surface area contributed by atoms with Crippen LogP contribution in [0.25, 0.3) is 0 Å². The second kappa shape index (κ2) is 16.1. The van der Waals surface area contributed by atoms with Gasteiger partial charge in [-0.2, -0.15) is 0 Å². The molecule has 1 aliphatic rings. The number of ether oxygens (including phenoxy) is 2.